The molecule has 1 aromatic carbocycles. The number of ether oxygens (including phenoxy) is 3. The number of benzene rings is 1. The lowest BCUT2D eigenvalue weighted by molar-refractivity contribution is -0.274. The molecule has 0 unspecified atom stereocenters. The Labute approximate surface area is 260 Å². The molecule has 0 aliphatic carbocycles. The van der Waals surface area contributed by atoms with Gasteiger partial charge in [0.2, 0.25) is 7.44 Å². The van der Waals surface area contributed by atoms with Gasteiger partial charge in [-0.15, -0.1) is 13.2 Å². The average Bonchev–Trinajstić information content (AvgIpc) is 3.35. The predicted molar refractivity (Wildman–Crippen MR) is 147 cm³/mol. The van der Waals surface area contributed by atoms with Crippen LogP contribution in [0.15, 0.2) is 36.9 Å². The number of esters is 1. The minimum Gasteiger partial charge on any atom is -0.464 e. The molecule has 2 heterocycles. The van der Waals surface area contributed by atoms with Crippen LogP contribution in [0.4, 0.5) is 45.3 Å². The van der Waals surface area contributed by atoms with Gasteiger partial charge in [-0.25, -0.2) is 25.1 Å². The van der Waals surface area contributed by atoms with Crippen molar-refractivity contribution in [1.29, 1.82) is 0 Å². The van der Waals surface area contributed by atoms with Crippen LogP contribution in [0.3, 0.4) is 0 Å². The largest absolute Gasteiger partial charge is 0.573 e. The van der Waals surface area contributed by atoms with Crippen molar-refractivity contribution in [1.82, 2.24) is 29.7 Å². The molecule has 3 atom stereocenters. The van der Waals surface area contributed by atoms with Gasteiger partial charge < -0.3 is 24.5 Å². The zero-order valence-corrected chi connectivity index (χ0v) is 25.6. The zero-order valence-electron chi connectivity index (χ0n) is 24.7. The quantitative estimate of drug-likeness (QED) is 0.109. The SMILES string of the molecule is CCCOC(=O)C(C)(C)N[P@@](=O)(CO[C@H](Cn1cnc2c(N)ncnc21)C(F)(F)F)N[C@H](c1ccc(OC(F)(F)F)cc1)C(F)(F)F. The number of halogens is 9. The van der Waals surface area contributed by atoms with Crippen LogP contribution in [0.5, 0.6) is 5.75 Å². The first-order valence-electron chi connectivity index (χ1n) is 13.4. The number of aromatic nitrogens is 4. The Balaban J connectivity index is 1.99. The Bertz CT molecular complexity index is 1560. The second kappa shape index (κ2) is 14.2. The summed E-state index contributed by atoms with van der Waals surface area (Å²) in [6, 6.07) is -0.693. The van der Waals surface area contributed by atoms with Gasteiger partial charge in [0.25, 0.3) is 0 Å². The molecule has 0 aliphatic heterocycles. The van der Waals surface area contributed by atoms with Gasteiger partial charge in [0.15, 0.2) is 17.6 Å². The van der Waals surface area contributed by atoms with E-state index in [4.69, 9.17) is 15.2 Å². The first-order valence-corrected chi connectivity index (χ1v) is 15.3. The summed E-state index contributed by atoms with van der Waals surface area (Å²) in [7, 11) is -5.08. The molecule has 0 aliphatic rings. The van der Waals surface area contributed by atoms with Gasteiger partial charge in [-0.05, 0) is 38.0 Å². The highest BCUT2D eigenvalue weighted by atomic mass is 31.2. The normalized spacial score (nSPS) is 15.7. The summed E-state index contributed by atoms with van der Waals surface area (Å²) in [5.74, 6) is -2.13. The summed E-state index contributed by atoms with van der Waals surface area (Å²) in [4.78, 5) is 24.0. The lowest BCUT2D eigenvalue weighted by Crippen LogP contribution is -2.50. The highest BCUT2D eigenvalue weighted by Crippen LogP contribution is 2.47. The van der Waals surface area contributed by atoms with Crippen LogP contribution < -0.4 is 20.6 Å². The smallest absolute Gasteiger partial charge is 0.464 e. The number of carbonyl (C=O) groups is 1. The fourth-order valence-corrected chi connectivity index (χ4v) is 6.34. The number of nitrogen functional groups attached to an aromatic ring is 1. The molecule has 3 rings (SSSR count). The van der Waals surface area contributed by atoms with Crippen LogP contribution >= 0.6 is 7.44 Å². The van der Waals surface area contributed by atoms with Gasteiger partial charge in [-0.1, -0.05) is 19.1 Å². The van der Waals surface area contributed by atoms with Gasteiger partial charge in [-0.3, -0.25) is 9.36 Å². The highest BCUT2D eigenvalue weighted by molar-refractivity contribution is 7.59. The van der Waals surface area contributed by atoms with E-state index in [0.29, 0.717) is 30.7 Å². The second-order valence-electron chi connectivity index (χ2n) is 10.5. The number of anilines is 1. The van der Waals surface area contributed by atoms with Gasteiger partial charge in [0.1, 0.15) is 35.5 Å². The lowest BCUT2D eigenvalue weighted by atomic mass is 10.1. The highest BCUT2D eigenvalue weighted by Gasteiger charge is 2.49. The lowest BCUT2D eigenvalue weighted by Gasteiger charge is -2.34. The van der Waals surface area contributed by atoms with Crippen LogP contribution in [0, 0.1) is 0 Å². The summed E-state index contributed by atoms with van der Waals surface area (Å²) >= 11 is 0. The first-order chi connectivity index (χ1) is 21.5. The average molecular weight is 710 g/mol. The van der Waals surface area contributed by atoms with Crippen molar-refractivity contribution in [3.8, 4) is 5.75 Å². The number of carbonyl (C=O) groups excluding carboxylic acids is 1. The number of alkyl halides is 9. The Morgan fingerprint density at radius 3 is 2.19 bits per heavy atom. The number of rotatable bonds is 14. The molecule has 22 heteroatoms. The number of nitrogens with zero attached hydrogens (tertiary/aromatic N) is 4. The van der Waals surface area contributed by atoms with Crippen molar-refractivity contribution < 1.29 is 63.1 Å². The van der Waals surface area contributed by atoms with E-state index in [-0.39, 0.29) is 23.6 Å². The number of fused-ring (bicyclic) bond motifs is 1. The molecular formula is C25H29F9N7O5P. The monoisotopic (exact) mass is 709 g/mol. The van der Waals surface area contributed by atoms with E-state index in [1.54, 1.807) is 12.0 Å². The summed E-state index contributed by atoms with van der Waals surface area (Å²) in [5.41, 5.74) is 2.63. The van der Waals surface area contributed by atoms with E-state index < -0.39 is 74.0 Å². The maximum absolute atomic E-state index is 14.3. The number of nitrogens with one attached hydrogen (secondary N) is 2. The van der Waals surface area contributed by atoms with Crippen LogP contribution in [0.25, 0.3) is 11.2 Å². The predicted octanol–water partition coefficient (Wildman–Crippen LogP) is 5.62. The molecule has 2 aromatic heterocycles. The van der Waals surface area contributed by atoms with Crippen molar-refractivity contribution in [2.24, 2.45) is 0 Å². The molecule has 0 saturated carbocycles. The summed E-state index contributed by atoms with van der Waals surface area (Å²) in [6.07, 6.45) is -17.8. The molecular weight excluding hydrogens is 680 g/mol. The molecule has 0 bridgehead atoms. The number of hydrogen-bond acceptors (Lipinski definition) is 9. The van der Waals surface area contributed by atoms with Crippen molar-refractivity contribution in [2.45, 2.75) is 70.1 Å². The summed E-state index contributed by atoms with van der Waals surface area (Å²) in [6.45, 7) is 2.55. The van der Waals surface area contributed by atoms with E-state index in [0.717, 1.165) is 31.1 Å². The molecule has 0 spiro atoms. The van der Waals surface area contributed by atoms with E-state index in [9.17, 15) is 48.9 Å². The maximum atomic E-state index is 14.3. The van der Waals surface area contributed by atoms with Crippen LogP contribution in [0.2, 0.25) is 0 Å². The van der Waals surface area contributed by atoms with Crippen molar-refractivity contribution in [2.75, 3.05) is 18.7 Å². The molecule has 262 valence electrons. The van der Waals surface area contributed by atoms with E-state index in [2.05, 4.69) is 24.8 Å². The zero-order chi connectivity index (χ0) is 35.4. The van der Waals surface area contributed by atoms with Crippen LogP contribution in [-0.4, -0.2) is 68.8 Å². The molecule has 47 heavy (non-hydrogen) atoms. The fourth-order valence-electron chi connectivity index (χ4n) is 4.04. The van der Waals surface area contributed by atoms with E-state index in [1.165, 1.54) is 0 Å². The van der Waals surface area contributed by atoms with Gasteiger partial charge >= 0.3 is 24.7 Å². The second-order valence-corrected chi connectivity index (χ2v) is 12.7. The van der Waals surface area contributed by atoms with Crippen molar-refractivity contribution in [3.63, 3.8) is 0 Å². The minimum atomic E-state index is -5.32. The Morgan fingerprint density at radius 2 is 1.64 bits per heavy atom. The summed E-state index contributed by atoms with van der Waals surface area (Å²) in [5, 5.41) is 3.87. The third-order valence-electron chi connectivity index (χ3n) is 6.13. The van der Waals surface area contributed by atoms with Gasteiger partial charge in [-0.2, -0.15) is 26.3 Å². The van der Waals surface area contributed by atoms with Crippen LogP contribution in [-0.2, 0) is 25.4 Å². The number of nitrogens with two attached hydrogens (primary N) is 1. The van der Waals surface area contributed by atoms with Gasteiger partial charge in [0, 0.05) is 0 Å². The van der Waals surface area contributed by atoms with E-state index >= 15 is 0 Å². The molecule has 3 aromatic rings. The first kappa shape index (κ1) is 37.8. The van der Waals surface area contributed by atoms with Crippen molar-refractivity contribution >= 4 is 30.4 Å². The Kier molecular flexibility index (Phi) is 11.4. The molecule has 0 amide bonds. The Hall–Kier alpha value is -3.68. The standard InChI is InChI=1S/C25H29F9N7O5P/c1-4-9-44-21(42)22(2,3)40-47(43,39-18(24(29,30)31)14-5-7-15(8-6-14)46-25(32,33)34)13-45-16(23(26,27)28)10-41-12-38-17-19(35)36-11-37-20(17)41/h5-8,11-12,16,18H,4,9-10,13H2,1-3H3,(H2,35,36,37)(H2,39,40,43)/t16-,18-,47-/m1/s1. The minimum absolute atomic E-state index is 0.0468. The molecule has 4 N–H and O–H groups in total. The van der Waals surface area contributed by atoms with Crippen molar-refractivity contribution in [3.05, 3.63) is 42.5 Å². The molecule has 0 radical (unpaired) electrons. The molecule has 0 saturated heterocycles. The fraction of sp³-hybridized carbons (Fsp3) is 0.520. The third-order valence-corrected chi connectivity index (χ3v) is 8.24. The van der Waals surface area contributed by atoms with Gasteiger partial charge in [0.05, 0.1) is 19.5 Å². The van der Waals surface area contributed by atoms with E-state index in [1.807, 2.05) is 0 Å². The molecule has 0 fully saturated rings. The Morgan fingerprint density at radius 1 is 1.00 bits per heavy atom. The summed E-state index contributed by atoms with van der Waals surface area (Å²) < 4.78 is 152. The number of hydrogen-bond donors (Lipinski definition) is 3. The topological polar surface area (TPSA) is 156 Å². The van der Waals surface area contributed by atoms with Crippen LogP contribution in [0.1, 0.15) is 38.8 Å². The molecule has 12 nitrogen and oxygen atoms in total. The maximum Gasteiger partial charge on any atom is 0.573 e. The third kappa shape index (κ3) is 10.4. The number of imidazole rings is 1.